The van der Waals surface area contributed by atoms with E-state index in [-0.39, 0.29) is 24.1 Å². The molecular formula is C21H15ClN4O3S. The van der Waals surface area contributed by atoms with Crippen LogP contribution in [0.15, 0.2) is 74.7 Å². The van der Waals surface area contributed by atoms with Crippen LogP contribution in [-0.4, -0.2) is 26.2 Å². The van der Waals surface area contributed by atoms with Gasteiger partial charge in [0.05, 0.1) is 23.7 Å². The monoisotopic (exact) mass is 438 g/mol. The van der Waals surface area contributed by atoms with Gasteiger partial charge < -0.3 is 4.42 Å². The summed E-state index contributed by atoms with van der Waals surface area (Å²) in [4.78, 5) is 30.7. The molecule has 0 saturated heterocycles. The zero-order valence-corrected chi connectivity index (χ0v) is 17.1. The lowest BCUT2D eigenvalue weighted by molar-refractivity contribution is -0.134. The van der Waals surface area contributed by atoms with Crippen molar-refractivity contribution in [2.24, 2.45) is 5.10 Å². The molecule has 150 valence electrons. The SMILES string of the molecule is O=C(Cn1cnc2sccc2c1=O)N1N=C(c2ccc(Cl)cc2)C[C@@H]1c1ccco1. The number of rotatable bonds is 4. The second-order valence-corrected chi connectivity index (χ2v) is 8.18. The van der Waals surface area contributed by atoms with E-state index < -0.39 is 0 Å². The van der Waals surface area contributed by atoms with Gasteiger partial charge in [-0.1, -0.05) is 23.7 Å². The Kier molecular flexibility index (Phi) is 4.72. The molecule has 0 fully saturated rings. The van der Waals surface area contributed by atoms with Crippen LogP contribution in [0.3, 0.4) is 0 Å². The molecule has 0 radical (unpaired) electrons. The fourth-order valence-corrected chi connectivity index (χ4v) is 4.33. The van der Waals surface area contributed by atoms with Crippen molar-refractivity contribution in [3.05, 3.63) is 87.1 Å². The molecule has 1 aliphatic heterocycles. The maximum absolute atomic E-state index is 13.1. The highest BCUT2D eigenvalue weighted by molar-refractivity contribution is 7.16. The van der Waals surface area contributed by atoms with E-state index in [0.717, 1.165) is 11.3 Å². The van der Waals surface area contributed by atoms with Crippen LogP contribution in [0.2, 0.25) is 5.02 Å². The molecule has 0 spiro atoms. The van der Waals surface area contributed by atoms with Gasteiger partial charge in [-0.3, -0.25) is 14.2 Å². The fraction of sp³-hybridized carbons (Fsp3) is 0.143. The number of benzene rings is 1. The number of hydrazone groups is 1. The highest BCUT2D eigenvalue weighted by Gasteiger charge is 2.35. The van der Waals surface area contributed by atoms with Gasteiger partial charge in [-0.15, -0.1) is 11.3 Å². The van der Waals surface area contributed by atoms with Gasteiger partial charge in [0.2, 0.25) is 0 Å². The molecule has 30 heavy (non-hydrogen) atoms. The Morgan fingerprint density at radius 2 is 2.07 bits per heavy atom. The van der Waals surface area contributed by atoms with Crippen molar-refractivity contribution in [1.82, 2.24) is 14.6 Å². The number of hydrogen-bond acceptors (Lipinski definition) is 6. The van der Waals surface area contributed by atoms with Crippen LogP contribution in [0.1, 0.15) is 23.8 Å². The molecule has 0 unspecified atom stereocenters. The number of furan rings is 1. The molecule has 1 amide bonds. The number of thiophene rings is 1. The van der Waals surface area contributed by atoms with E-state index in [4.69, 9.17) is 16.0 Å². The van der Waals surface area contributed by atoms with Crippen molar-refractivity contribution < 1.29 is 9.21 Å². The van der Waals surface area contributed by atoms with Crippen LogP contribution >= 0.6 is 22.9 Å². The molecule has 5 rings (SSSR count). The minimum Gasteiger partial charge on any atom is -0.467 e. The summed E-state index contributed by atoms with van der Waals surface area (Å²) in [7, 11) is 0. The Labute approximate surface area is 179 Å². The number of fused-ring (bicyclic) bond motifs is 1. The average molecular weight is 439 g/mol. The number of hydrogen-bond donors (Lipinski definition) is 0. The largest absolute Gasteiger partial charge is 0.467 e. The van der Waals surface area contributed by atoms with Crippen LogP contribution in [0.5, 0.6) is 0 Å². The predicted octanol–water partition coefficient (Wildman–Crippen LogP) is 4.08. The van der Waals surface area contributed by atoms with E-state index in [9.17, 15) is 9.59 Å². The zero-order chi connectivity index (χ0) is 20.7. The Morgan fingerprint density at radius 1 is 1.23 bits per heavy atom. The first-order chi connectivity index (χ1) is 14.6. The van der Waals surface area contributed by atoms with Crippen molar-refractivity contribution in [1.29, 1.82) is 0 Å². The Morgan fingerprint density at radius 3 is 2.83 bits per heavy atom. The number of carbonyl (C=O) groups is 1. The first-order valence-electron chi connectivity index (χ1n) is 9.21. The molecule has 0 bridgehead atoms. The van der Waals surface area contributed by atoms with Gasteiger partial charge in [0.25, 0.3) is 11.5 Å². The number of amides is 1. The first-order valence-corrected chi connectivity index (χ1v) is 10.5. The minimum absolute atomic E-state index is 0.160. The van der Waals surface area contributed by atoms with Crippen molar-refractivity contribution in [2.45, 2.75) is 19.0 Å². The third kappa shape index (κ3) is 3.34. The summed E-state index contributed by atoms with van der Waals surface area (Å²) < 4.78 is 6.87. The van der Waals surface area contributed by atoms with Crippen LogP contribution in [0, 0.1) is 0 Å². The highest BCUT2D eigenvalue weighted by Crippen LogP contribution is 2.33. The summed E-state index contributed by atoms with van der Waals surface area (Å²) >= 11 is 7.38. The second-order valence-electron chi connectivity index (χ2n) is 6.84. The molecule has 1 aromatic carbocycles. The molecule has 0 aliphatic carbocycles. The van der Waals surface area contributed by atoms with E-state index in [1.54, 1.807) is 35.9 Å². The molecule has 4 heterocycles. The second kappa shape index (κ2) is 7.55. The van der Waals surface area contributed by atoms with Gasteiger partial charge in [0, 0.05) is 11.4 Å². The van der Waals surface area contributed by atoms with Gasteiger partial charge in [0.15, 0.2) is 0 Å². The molecule has 1 aliphatic rings. The molecular weight excluding hydrogens is 424 g/mol. The summed E-state index contributed by atoms with van der Waals surface area (Å²) in [6, 6.07) is 12.2. The van der Waals surface area contributed by atoms with Crippen molar-refractivity contribution in [3.8, 4) is 0 Å². The van der Waals surface area contributed by atoms with E-state index in [1.807, 2.05) is 18.2 Å². The number of carbonyl (C=O) groups excluding carboxylic acids is 1. The lowest BCUT2D eigenvalue weighted by atomic mass is 10.0. The van der Waals surface area contributed by atoms with Crippen molar-refractivity contribution in [3.63, 3.8) is 0 Å². The Hall–Kier alpha value is -3.23. The molecule has 4 aromatic rings. The number of halogens is 1. The van der Waals surface area contributed by atoms with Gasteiger partial charge in [-0.2, -0.15) is 5.10 Å². The van der Waals surface area contributed by atoms with Crippen molar-refractivity contribution in [2.75, 3.05) is 0 Å². The standard InChI is InChI=1S/C21H15ClN4O3S/c22-14-5-3-13(4-6-14)16-10-17(18-2-1-8-29-18)26(24-16)19(27)11-25-12-23-20-15(21(25)28)7-9-30-20/h1-9,12,17H,10-11H2/t17-/m1/s1. The lowest BCUT2D eigenvalue weighted by Crippen LogP contribution is -2.33. The van der Waals surface area contributed by atoms with E-state index in [2.05, 4.69) is 10.1 Å². The third-order valence-corrected chi connectivity index (χ3v) is 6.04. The van der Waals surface area contributed by atoms with E-state index in [1.165, 1.54) is 27.2 Å². The fourth-order valence-electron chi connectivity index (χ4n) is 3.48. The van der Waals surface area contributed by atoms with Crippen LogP contribution in [0.4, 0.5) is 0 Å². The summed E-state index contributed by atoms with van der Waals surface area (Å²) in [5, 5.41) is 8.90. The lowest BCUT2D eigenvalue weighted by Gasteiger charge is -2.20. The smallest absolute Gasteiger partial charge is 0.263 e. The van der Waals surface area contributed by atoms with Gasteiger partial charge in [0.1, 0.15) is 23.2 Å². The zero-order valence-electron chi connectivity index (χ0n) is 15.6. The molecule has 0 saturated carbocycles. The van der Waals surface area contributed by atoms with Crippen LogP contribution in [-0.2, 0) is 11.3 Å². The normalized spacial score (nSPS) is 16.2. The molecule has 3 aromatic heterocycles. The van der Waals surface area contributed by atoms with E-state index in [0.29, 0.717) is 27.4 Å². The summed E-state index contributed by atoms with van der Waals surface area (Å²) in [6.45, 7) is -0.160. The third-order valence-electron chi connectivity index (χ3n) is 4.97. The van der Waals surface area contributed by atoms with Crippen LogP contribution in [0.25, 0.3) is 10.2 Å². The maximum Gasteiger partial charge on any atom is 0.263 e. The average Bonchev–Trinajstić information content (AvgIpc) is 3.50. The first kappa shape index (κ1) is 18.8. The van der Waals surface area contributed by atoms with Gasteiger partial charge in [-0.25, -0.2) is 9.99 Å². The van der Waals surface area contributed by atoms with Gasteiger partial charge >= 0.3 is 0 Å². The quantitative estimate of drug-likeness (QED) is 0.480. The predicted molar refractivity (Wildman–Crippen MR) is 115 cm³/mol. The molecule has 7 nitrogen and oxygen atoms in total. The molecule has 1 atom stereocenters. The maximum atomic E-state index is 13.1. The Balaban J connectivity index is 1.48. The number of nitrogens with zero attached hydrogens (tertiary/aromatic N) is 4. The summed E-state index contributed by atoms with van der Waals surface area (Å²) in [6.07, 6.45) is 3.47. The Bertz CT molecular complexity index is 1310. The molecule has 9 heteroatoms. The van der Waals surface area contributed by atoms with Crippen LogP contribution < -0.4 is 5.56 Å². The molecule has 0 N–H and O–H groups in total. The minimum atomic E-state index is -0.383. The summed E-state index contributed by atoms with van der Waals surface area (Å²) in [5.41, 5.74) is 1.38. The van der Waals surface area contributed by atoms with Gasteiger partial charge in [-0.05, 0) is 41.3 Å². The number of aromatic nitrogens is 2. The highest BCUT2D eigenvalue weighted by atomic mass is 35.5. The topological polar surface area (TPSA) is 80.7 Å². The van der Waals surface area contributed by atoms with E-state index >= 15 is 0 Å². The summed E-state index contributed by atoms with van der Waals surface area (Å²) in [5.74, 6) is 0.314. The van der Waals surface area contributed by atoms with Crippen molar-refractivity contribution >= 4 is 44.8 Å².